The molecule has 0 spiro atoms. The number of hydrogen-bond donors (Lipinski definition) is 2. The van der Waals surface area contributed by atoms with Crippen LogP contribution >= 0.6 is 0 Å². The highest BCUT2D eigenvalue weighted by Gasteiger charge is 2.49. The summed E-state index contributed by atoms with van der Waals surface area (Å²) in [6, 6.07) is 7.99. The predicted molar refractivity (Wildman–Crippen MR) is 139 cm³/mol. The van der Waals surface area contributed by atoms with E-state index in [1.165, 1.54) is 4.90 Å². The summed E-state index contributed by atoms with van der Waals surface area (Å²) in [7, 11) is 0. The first-order valence-corrected chi connectivity index (χ1v) is 13.6. The highest BCUT2D eigenvalue weighted by Crippen LogP contribution is 2.39. The number of alkyl carbamates (subject to hydrolysis) is 1. The molecule has 1 heterocycles. The molecule has 2 aliphatic rings. The number of esters is 1. The summed E-state index contributed by atoms with van der Waals surface area (Å²) >= 11 is 0. The Morgan fingerprint density at radius 3 is 2.23 bits per heavy atom. The van der Waals surface area contributed by atoms with E-state index in [-0.39, 0.29) is 44.8 Å². The fourth-order valence-electron chi connectivity index (χ4n) is 5.28. The predicted octanol–water partition coefficient (Wildman–Crippen LogP) is 4.87. The molecule has 2 fully saturated rings. The number of alkyl halides is 4. The molecule has 2 N–H and O–H groups in total. The molecule has 40 heavy (non-hydrogen) atoms. The molecule has 0 radical (unpaired) electrons. The topological polar surface area (TPSA) is 97.0 Å². The van der Waals surface area contributed by atoms with Crippen molar-refractivity contribution < 1.29 is 41.4 Å². The van der Waals surface area contributed by atoms with Crippen molar-refractivity contribution in [1.82, 2.24) is 15.5 Å². The second-order valence-electron chi connectivity index (χ2n) is 11.7. The van der Waals surface area contributed by atoms with Gasteiger partial charge < -0.3 is 19.7 Å². The molecule has 3 rings (SSSR count). The highest BCUT2D eigenvalue weighted by molar-refractivity contribution is 5.86. The average Bonchev–Trinajstić information content (AvgIpc) is 3.31. The minimum atomic E-state index is -5.15. The van der Waals surface area contributed by atoms with Gasteiger partial charge in [0.1, 0.15) is 17.8 Å². The van der Waals surface area contributed by atoms with Crippen molar-refractivity contribution in [1.29, 1.82) is 0 Å². The number of hydrogen-bond acceptors (Lipinski definition) is 6. The first kappa shape index (κ1) is 31.6. The molecule has 0 aromatic heterocycles. The summed E-state index contributed by atoms with van der Waals surface area (Å²) in [6.45, 7) is 7.18. The molecule has 0 bridgehead atoms. The van der Waals surface area contributed by atoms with Gasteiger partial charge in [0.2, 0.25) is 5.91 Å². The Kier molecular flexibility index (Phi) is 10.1. The van der Waals surface area contributed by atoms with Crippen molar-refractivity contribution in [3.63, 3.8) is 0 Å². The van der Waals surface area contributed by atoms with Gasteiger partial charge in [0, 0.05) is 25.9 Å². The zero-order valence-electron chi connectivity index (χ0n) is 23.4. The van der Waals surface area contributed by atoms with E-state index in [2.05, 4.69) is 10.6 Å². The Bertz CT molecular complexity index is 1020. The maximum absolute atomic E-state index is 13.9. The van der Waals surface area contributed by atoms with Gasteiger partial charge in [-0.1, -0.05) is 37.3 Å². The average molecular weight is 574 g/mol. The maximum atomic E-state index is 13.9. The van der Waals surface area contributed by atoms with Crippen molar-refractivity contribution >= 4 is 18.0 Å². The number of amides is 2. The maximum Gasteiger partial charge on any atom is 0.490 e. The zero-order chi connectivity index (χ0) is 29.7. The Morgan fingerprint density at radius 2 is 1.70 bits per heavy atom. The van der Waals surface area contributed by atoms with Gasteiger partial charge in [-0.2, -0.15) is 13.2 Å². The van der Waals surface area contributed by atoms with E-state index in [1.54, 1.807) is 52.0 Å². The van der Waals surface area contributed by atoms with Crippen LogP contribution in [0.1, 0.15) is 65.4 Å². The lowest BCUT2D eigenvalue weighted by molar-refractivity contribution is -0.221. The molecule has 3 atom stereocenters. The monoisotopic (exact) mass is 573 g/mol. The number of nitrogens with one attached hydrogen (secondary N) is 2. The molecule has 1 aliphatic carbocycles. The van der Waals surface area contributed by atoms with Crippen molar-refractivity contribution in [3.8, 4) is 0 Å². The largest absolute Gasteiger partial charge is 0.490 e. The minimum Gasteiger partial charge on any atom is -0.444 e. The minimum absolute atomic E-state index is 0.0668. The molecule has 8 nitrogen and oxygen atoms in total. The SMILES string of the molecule is CC(C1CCC(NCc2ccccc2)(OC(=O)C(F)(F)F)CC1)C(NC(=O)OC(C)(C)C)C(=O)N1CCC(F)C1. The van der Waals surface area contributed by atoms with Crippen LogP contribution in [-0.2, 0) is 25.6 Å². The Labute approximate surface area is 232 Å². The number of nitrogens with zero attached hydrogens (tertiary/aromatic N) is 1. The number of ether oxygens (including phenoxy) is 2. The van der Waals surface area contributed by atoms with Gasteiger partial charge in [0.25, 0.3) is 0 Å². The highest BCUT2D eigenvalue weighted by atomic mass is 19.4. The van der Waals surface area contributed by atoms with Crippen molar-refractivity contribution in [2.45, 2.75) is 96.1 Å². The van der Waals surface area contributed by atoms with Gasteiger partial charge >= 0.3 is 18.2 Å². The summed E-state index contributed by atoms with van der Waals surface area (Å²) < 4.78 is 63.6. The van der Waals surface area contributed by atoms with Crippen LogP contribution in [0.25, 0.3) is 0 Å². The fourth-order valence-corrected chi connectivity index (χ4v) is 5.28. The van der Waals surface area contributed by atoms with Gasteiger partial charge in [0.15, 0.2) is 5.72 Å². The van der Waals surface area contributed by atoms with Crippen LogP contribution in [-0.4, -0.2) is 65.7 Å². The Morgan fingerprint density at radius 1 is 1.07 bits per heavy atom. The van der Waals surface area contributed by atoms with Gasteiger partial charge in [-0.15, -0.1) is 0 Å². The van der Waals surface area contributed by atoms with Gasteiger partial charge in [-0.3, -0.25) is 10.1 Å². The van der Waals surface area contributed by atoms with Crippen molar-refractivity contribution in [2.75, 3.05) is 13.1 Å². The first-order chi connectivity index (χ1) is 18.6. The van der Waals surface area contributed by atoms with Gasteiger partial charge in [0.05, 0.1) is 6.54 Å². The number of benzene rings is 1. The number of likely N-dealkylation sites (tertiary alicyclic amines) is 1. The first-order valence-electron chi connectivity index (χ1n) is 13.6. The van der Waals surface area contributed by atoms with E-state index >= 15 is 0 Å². The third kappa shape index (κ3) is 8.81. The molecular formula is C28H39F4N3O5. The molecule has 3 unspecified atom stereocenters. The van der Waals surface area contributed by atoms with Crippen LogP contribution in [0.4, 0.5) is 22.4 Å². The fraction of sp³-hybridized carbons (Fsp3) is 0.679. The third-order valence-corrected chi connectivity index (χ3v) is 7.47. The van der Waals surface area contributed by atoms with Crippen LogP contribution in [0.15, 0.2) is 30.3 Å². The number of carbonyl (C=O) groups excluding carboxylic acids is 3. The molecule has 1 aromatic rings. The van der Waals surface area contributed by atoms with Crippen LogP contribution < -0.4 is 10.6 Å². The standard InChI is InChI=1S/C28H39F4N3O5/c1-18(22(34-25(38)40-26(2,3)4)23(36)35-15-12-21(29)17-35)20-10-13-27(14-11-20,39-24(37)28(30,31)32)33-16-19-8-6-5-7-9-19/h5-9,18,20-22,33H,10-17H2,1-4H3,(H,34,38). The quantitative estimate of drug-likeness (QED) is 0.262. The van der Waals surface area contributed by atoms with Crippen LogP contribution in [0.5, 0.6) is 0 Å². The van der Waals surface area contributed by atoms with E-state index in [0.717, 1.165) is 5.56 Å². The van der Waals surface area contributed by atoms with Gasteiger partial charge in [-0.05, 0) is 57.4 Å². The van der Waals surface area contributed by atoms with E-state index in [4.69, 9.17) is 9.47 Å². The normalized spacial score (nSPS) is 25.1. The summed E-state index contributed by atoms with van der Waals surface area (Å²) in [6.07, 6.45) is -6.09. The summed E-state index contributed by atoms with van der Waals surface area (Å²) in [5, 5.41) is 5.68. The van der Waals surface area contributed by atoms with Crippen molar-refractivity contribution in [2.24, 2.45) is 11.8 Å². The third-order valence-electron chi connectivity index (χ3n) is 7.47. The zero-order valence-corrected chi connectivity index (χ0v) is 23.4. The Balaban J connectivity index is 1.75. The lowest BCUT2D eigenvalue weighted by Gasteiger charge is -2.43. The van der Waals surface area contributed by atoms with E-state index < -0.39 is 53.6 Å². The molecule has 1 saturated carbocycles. The van der Waals surface area contributed by atoms with E-state index in [1.807, 2.05) is 6.07 Å². The van der Waals surface area contributed by atoms with E-state index in [9.17, 15) is 31.9 Å². The molecule has 224 valence electrons. The smallest absolute Gasteiger partial charge is 0.444 e. The number of rotatable bonds is 8. The lowest BCUT2D eigenvalue weighted by Crippen LogP contribution is -2.56. The van der Waals surface area contributed by atoms with Crippen LogP contribution in [0, 0.1) is 11.8 Å². The van der Waals surface area contributed by atoms with Crippen LogP contribution in [0.3, 0.4) is 0 Å². The molecule has 1 saturated heterocycles. The second kappa shape index (κ2) is 12.7. The Hall–Kier alpha value is -2.89. The number of carbonyl (C=O) groups is 3. The van der Waals surface area contributed by atoms with Gasteiger partial charge in [-0.25, -0.2) is 14.0 Å². The number of halogens is 4. The van der Waals surface area contributed by atoms with Crippen LogP contribution in [0.2, 0.25) is 0 Å². The molecule has 2 amide bonds. The molecule has 12 heteroatoms. The summed E-state index contributed by atoms with van der Waals surface area (Å²) in [5.74, 6) is -3.36. The summed E-state index contributed by atoms with van der Waals surface area (Å²) in [5.41, 5.74) is -1.55. The van der Waals surface area contributed by atoms with Crippen molar-refractivity contribution in [3.05, 3.63) is 35.9 Å². The lowest BCUT2D eigenvalue weighted by atomic mass is 9.74. The second-order valence-corrected chi connectivity index (χ2v) is 11.7. The summed E-state index contributed by atoms with van der Waals surface area (Å²) in [4.78, 5) is 39.2. The van der Waals surface area contributed by atoms with E-state index in [0.29, 0.717) is 12.8 Å². The molecule has 1 aromatic carbocycles. The molecular weight excluding hydrogens is 534 g/mol. The molecule has 1 aliphatic heterocycles.